The standard InChI is InChI=1S/C8H7FN2O2S/c9-7-3-1-2-4-8(7)14(12,13)11-6-5-10/h1-4,11H,6H2. The van der Waals surface area contributed by atoms with Gasteiger partial charge >= 0.3 is 0 Å². The molecular formula is C8H7FN2O2S. The molecule has 0 aromatic heterocycles. The highest BCUT2D eigenvalue weighted by molar-refractivity contribution is 7.89. The Labute approximate surface area is 81.0 Å². The second-order valence-electron chi connectivity index (χ2n) is 2.41. The van der Waals surface area contributed by atoms with Crippen molar-refractivity contribution in [1.29, 1.82) is 5.26 Å². The van der Waals surface area contributed by atoms with E-state index in [1.165, 1.54) is 12.1 Å². The Morgan fingerprint density at radius 1 is 1.43 bits per heavy atom. The van der Waals surface area contributed by atoms with Gasteiger partial charge in [-0.05, 0) is 12.1 Å². The quantitative estimate of drug-likeness (QED) is 0.750. The summed E-state index contributed by atoms with van der Waals surface area (Å²) in [6, 6.07) is 6.57. The first-order chi connectivity index (χ1) is 6.58. The van der Waals surface area contributed by atoms with Gasteiger partial charge in [0.2, 0.25) is 10.0 Å². The van der Waals surface area contributed by atoms with E-state index in [-0.39, 0.29) is 6.54 Å². The number of halogens is 1. The molecule has 0 atom stereocenters. The van der Waals surface area contributed by atoms with Gasteiger partial charge in [-0.3, -0.25) is 0 Å². The number of sulfonamides is 1. The lowest BCUT2D eigenvalue weighted by molar-refractivity contribution is 0.560. The summed E-state index contributed by atoms with van der Waals surface area (Å²) >= 11 is 0. The minimum Gasteiger partial charge on any atom is -0.207 e. The van der Waals surface area contributed by atoms with E-state index in [1.807, 2.05) is 4.72 Å². The first kappa shape index (κ1) is 10.6. The van der Waals surface area contributed by atoms with Crippen LogP contribution < -0.4 is 4.72 Å². The van der Waals surface area contributed by atoms with Crippen LogP contribution >= 0.6 is 0 Å². The van der Waals surface area contributed by atoms with E-state index < -0.39 is 20.7 Å². The van der Waals surface area contributed by atoms with Crippen molar-refractivity contribution in [2.24, 2.45) is 0 Å². The van der Waals surface area contributed by atoms with Crippen molar-refractivity contribution in [3.63, 3.8) is 0 Å². The number of benzene rings is 1. The summed E-state index contributed by atoms with van der Waals surface area (Å²) in [6.45, 7) is -0.378. The molecule has 1 aromatic rings. The van der Waals surface area contributed by atoms with Gasteiger partial charge in [0, 0.05) is 0 Å². The van der Waals surface area contributed by atoms with E-state index in [0.29, 0.717) is 0 Å². The van der Waals surface area contributed by atoms with Crippen molar-refractivity contribution in [3.8, 4) is 6.07 Å². The molecule has 0 aliphatic rings. The summed E-state index contributed by atoms with van der Waals surface area (Å²) in [5, 5.41) is 8.18. The molecule has 0 saturated heterocycles. The molecule has 0 bridgehead atoms. The van der Waals surface area contributed by atoms with Gasteiger partial charge in [-0.25, -0.2) is 12.8 Å². The van der Waals surface area contributed by atoms with E-state index in [0.717, 1.165) is 12.1 Å². The van der Waals surface area contributed by atoms with Crippen LogP contribution in [0.25, 0.3) is 0 Å². The maximum atomic E-state index is 13.0. The van der Waals surface area contributed by atoms with E-state index in [2.05, 4.69) is 0 Å². The Balaban J connectivity index is 3.06. The molecule has 0 heterocycles. The van der Waals surface area contributed by atoms with E-state index >= 15 is 0 Å². The number of hydrogen-bond acceptors (Lipinski definition) is 3. The summed E-state index contributed by atoms with van der Waals surface area (Å²) in [7, 11) is -3.90. The van der Waals surface area contributed by atoms with Gasteiger partial charge in [0.15, 0.2) is 0 Å². The van der Waals surface area contributed by atoms with Crippen LogP contribution in [-0.4, -0.2) is 15.0 Å². The highest BCUT2D eigenvalue weighted by Crippen LogP contribution is 2.12. The first-order valence-corrected chi connectivity index (χ1v) is 5.17. The molecule has 0 aliphatic heterocycles. The van der Waals surface area contributed by atoms with Crippen molar-refractivity contribution in [2.75, 3.05) is 6.54 Å². The lowest BCUT2D eigenvalue weighted by Gasteiger charge is -2.03. The molecule has 14 heavy (non-hydrogen) atoms. The molecule has 0 spiro atoms. The monoisotopic (exact) mass is 214 g/mol. The predicted octanol–water partition coefficient (Wildman–Crippen LogP) is 0.628. The van der Waals surface area contributed by atoms with Gasteiger partial charge in [0.05, 0.1) is 12.6 Å². The second kappa shape index (κ2) is 4.17. The topological polar surface area (TPSA) is 70.0 Å². The van der Waals surface area contributed by atoms with E-state index in [9.17, 15) is 12.8 Å². The van der Waals surface area contributed by atoms with Gasteiger partial charge in [0.25, 0.3) is 0 Å². The lowest BCUT2D eigenvalue weighted by Crippen LogP contribution is -2.24. The van der Waals surface area contributed by atoms with Gasteiger partial charge in [-0.2, -0.15) is 9.98 Å². The Morgan fingerprint density at radius 3 is 2.64 bits per heavy atom. The fourth-order valence-corrected chi connectivity index (χ4v) is 1.86. The highest BCUT2D eigenvalue weighted by Gasteiger charge is 2.17. The van der Waals surface area contributed by atoms with Crippen molar-refractivity contribution < 1.29 is 12.8 Å². The molecule has 74 valence electrons. The van der Waals surface area contributed by atoms with Crippen LogP contribution in [0.5, 0.6) is 0 Å². The molecule has 4 nitrogen and oxygen atoms in total. The summed E-state index contributed by atoms with van der Waals surface area (Å²) in [6.07, 6.45) is 0. The third-order valence-electron chi connectivity index (χ3n) is 1.47. The van der Waals surface area contributed by atoms with Crippen LogP contribution in [-0.2, 0) is 10.0 Å². The van der Waals surface area contributed by atoms with Crippen LogP contribution in [0.15, 0.2) is 29.2 Å². The predicted molar refractivity (Wildman–Crippen MR) is 47.2 cm³/mol. The van der Waals surface area contributed by atoms with Crippen molar-refractivity contribution in [3.05, 3.63) is 30.1 Å². The molecule has 0 saturated carbocycles. The summed E-state index contributed by atoms with van der Waals surface area (Å²) in [4.78, 5) is -0.449. The number of nitriles is 1. The molecule has 1 aromatic carbocycles. The van der Waals surface area contributed by atoms with Crippen LogP contribution in [0.1, 0.15) is 0 Å². The fraction of sp³-hybridized carbons (Fsp3) is 0.125. The zero-order valence-electron chi connectivity index (χ0n) is 7.07. The highest BCUT2D eigenvalue weighted by atomic mass is 32.2. The van der Waals surface area contributed by atoms with Crippen LogP contribution in [0.3, 0.4) is 0 Å². The maximum Gasteiger partial charge on any atom is 0.244 e. The average molecular weight is 214 g/mol. The van der Waals surface area contributed by atoms with Crippen molar-refractivity contribution in [2.45, 2.75) is 4.90 Å². The maximum absolute atomic E-state index is 13.0. The third-order valence-corrected chi connectivity index (χ3v) is 2.90. The van der Waals surface area contributed by atoms with Gasteiger partial charge in [-0.1, -0.05) is 12.1 Å². The fourth-order valence-electron chi connectivity index (χ4n) is 0.868. The average Bonchev–Trinajstić information content (AvgIpc) is 2.15. The van der Waals surface area contributed by atoms with Crippen LogP contribution in [0.2, 0.25) is 0 Å². The Kier molecular flexibility index (Phi) is 3.17. The SMILES string of the molecule is N#CCNS(=O)(=O)c1ccccc1F. The number of nitrogens with zero attached hydrogens (tertiary/aromatic N) is 1. The minimum atomic E-state index is -3.90. The normalized spacial score (nSPS) is 10.9. The molecule has 0 radical (unpaired) electrons. The minimum absolute atomic E-state index is 0.378. The third kappa shape index (κ3) is 2.28. The lowest BCUT2D eigenvalue weighted by atomic mass is 10.4. The van der Waals surface area contributed by atoms with Crippen LogP contribution in [0.4, 0.5) is 4.39 Å². The first-order valence-electron chi connectivity index (χ1n) is 3.69. The zero-order chi connectivity index (χ0) is 10.6. The zero-order valence-corrected chi connectivity index (χ0v) is 7.88. The molecular weight excluding hydrogens is 207 g/mol. The summed E-state index contributed by atoms with van der Waals surface area (Å²) < 4.78 is 37.6. The van der Waals surface area contributed by atoms with Gasteiger partial charge in [0.1, 0.15) is 10.7 Å². The molecule has 0 fully saturated rings. The molecule has 0 amide bonds. The largest absolute Gasteiger partial charge is 0.244 e. The second-order valence-corrected chi connectivity index (χ2v) is 4.15. The number of rotatable bonds is 3. The molecule has 1 rings (SSSR count). The van der Waals surface area contributed by atoms with E-state index in [1.54, 1.807) is 6.07 Å². The summed E-state index contributed by atoms with van der Waals surface area (Å²) in [5.74, 6) is -0.835. The molecule has 1 N–H and O–H groups in total. The van der Waals surface area contributed by atoms with Gasteiger partial charge in [-0.15, -0.1) is 0 Å². The Bertz CT molecular complexity index is 464. The smallest absolute Gasteiger partial charge is 0.207 e. The Morgan fingerprint density at radius 2 is 2.07 bits per heavy atom. The van der Waals surface area contributed by atoms with Crippen LogP contribution in [0, 0.1) is 17.1 Å². The molecule has 0 unspecified atom stereocenters. The van der Waals surface area contributed by atoms with Crippen molar-refractivity contribution in [1.82, 2.24) is 4.72 Å². The van der Waals surface area contributed by atoms with Crippen molar-refractivity contribution >= 4 is 10.0 Å². The molecule has 6 heteroatoms. The van der Waals surface area contributed by atoms with E-state index in [4.69, 9.17) is 5.26 Å². The number of hydrogen-bond donors (Lipinski definition) is 1. The summed E-state index contributed by atoms with van der Waals surface area (Å²) in [5.41, 5.74) is 0. The number of nitrogens with one attached hydrogen (secondary N) is 1. The Hall–Kier alpha value is -1.45. The van der Waals surface area contributed by atoms with Gasteiger partial charge < -0.3 is 0 Å². The molecule has 0 aliphatic carbocycles.